The van der Waals surface area contributed by atoms with Crippen molar-refractivity contribution in [3.05, 3.63) is 29.3 Å². The maximum atomic E-state index is 9.27. The van der Waals surface area contributed by atoms with E-state index in [0.717, 1.165) is 13.0 Å². The normalized spacial score (nSPS) is 25.1. The highest BCUT2D eigenvalue weighted by molar-refractivity contribution is 5.52. The molecule has 0 bridgehead atoms. The molecule has 0 amide bonds. The average molecular weight is 219 g/mol. The molecule has 2 heteroatoms. The van der Waals surface area contributed by atoms with Crippen LogP contribution >= 0.6 is 0 Å². The van der Waals surface area contributed by atoms with Crippen molar-refractivity contribution in [2.45, 2.75) is 33.2 Å². The molecule has 1 N–H and O–H groups in total. The van der Waals surface area contributed by atoms with Crippen LogP contribution < -0.4 is 4.90 Å². The first-order chi connectivity index (χ1) is 7.63. The van der Waals surface area contributed by atoms with Crippen LogP contribution in [-0.4, -0.2) is 24.3 Å². The quantitative estimate of drug-likeness (QED) is 0.826. The summed E-state index contributed by atoms with van der Waals surface area (Å²) in [6.45, 7) is 7.88. The van der Waals surface area contributed by atoms with Crippen LogP contribution in [0.4, 0.5) is 5.69 Å². The first-order valence-electron chi connectivity index (χ1n) is 6.08. The summed E-state index contributed by atoms with van der Waals surface area (Å²) < 4.78 is 0. The Morgan fingerprint density at radius 3 is 2.62 bits per heavy atom. The van der Waals surface area contributed by atoms with Crippen molar-refractivity contribution in [1.29, 1.82) is 0 Å². The molecule has 2 rings (SSSR count). The number of hydrogen-bond donors (Lipinski definition) is 1. The summed E-state index contributed by atoms with van der Waals surface area (Å²) in [5.74, 6) is 0.432. The highest BCUT2D eigenvalue weighted by Crippen LogP contribution is 2.30. The van der Waals surface area contributed by atoms with Crippen molar-refractivity contribution in [3.8, 4) is 0 Å². The van der Waals surface area contributed by atoms with Crippen LogP contribution in [0.3, 0.4) is 0 Å². The Bertz CT molecular complexity index is 375. The van der Waals surface area contributed by atoms with Crippen molar-refractivity contribution in [2.24, 2.45) is 5.92 Å². The Labute approximate surface area is 97.9 Å². The predicted molar refractivity (Wildman–Crippen MR) is 67.9 cm³/mol. The van der Waals surface area contributed by atoms with Crippen LogP contribution in [0.5, 0.6) is 0 Å². The number of benzene rings is 1. The second kappa shape index (κ2) is 4.46. The Morgan fingerprint density at radius 1 is 1.31 bits per heavy atom. The van der Waals surface area contributed by atoms with Gasteiger partial charge in [0.15, 0.2) is 0 Å². The molecule has 2 unspecified atom stereocenters. The van der Waals surface area contributed by atoms with E-state index in [0.29, 0.717) is 18.6 Å². The van der Waals surface area contributed by atoms with E-state index in [9.17, 15) is 5.11 Å². The van der Waals surface area contributed by atoms with Crippen molar-refractivity contribution >= 4 is 5.69 Å². The standard InChI is InChI=1S/C14H21NO/c1-10-4-5-14(8-11(10)2)15-7-6-13(9-16)12(15)3/h4-5,8,12-13,16H,6-7,9H2,1-3H3. The van der Waals surface area contributed by atoms with Crippen LogP contribution in [0.2, 0.25) is 0 Å². The molecule has 0 aliphatic carbocycles. The summed E-state index contributed by atoms with van der Waals surface area (Å²) in [4.78, 5) is 2.41. The van der Waals surface area contributed by atoms with Gasteiger partial charge in [0.05, 0.1) is 0 Å². The third-order valence-corrected chi connectivity index (χ3v) is 3.97. The van der Waals surface area contributed by atoms with Gasteiger partial charge in [0.25, 0.3) is 0 Å². The Morgan fingerprint density at radius 2 is 2.06 bits per heavy atom. The van der Waals surface area contributed by atoms with E-state index in [1.165, 1.54) is 16.8 Å². The summed E-state index contributed by atoms with van der Waals surface area (Å²) >= 11 is 0. The molecule has 1 aliphatic rings. The zero-order valence-electron chi connectivity index (χ0n) is 10.4. The predicted octanol–water partition coefficient (Wildman–Crippen LogP) is 2.51. The lowest BCUT2D eigenvalue weighted by Gasteiger charge is -2.26. The van der Waals surface area contributed by atoms with Gasteiger partial charge in [-0.15, -0.1) is 0 Å². The Balaban J connectivity index is 2.22. The topological polar surface area (TPSA) is 23.5 Å². The Hall–Kier alpha value is -1.02. The van der Waals surface area contributed by atoms with E-state index in [2.05, 4.69) is 43.9 Å². The second-order valence-electron chi connectivity index (χ2n) is 4.93. The van der Waals surface area contributed by atoms with Crippen LogP contribution in [0, 0.1) is 19.8 Å². The van der Waals surface area contributed by atoms with Crippen molar-refractivity contribution in [1.82, 2.24) is 0 Å². The molecule has 1 saturated heterocycles. The van der Waals surface area contributed by atoms with E-state index in [-0.39, 0.29) is 0 Å². The summed E-state index contributed by atoms with van der Waals surface area (Å²) in [7, 11) is 0. The van der Waals surface area contributed by atoms with Gasteiger partial charge in [-0.3, -0.25) is 0 Å². The lowest BCUT2D eigenvalue weighted by atomic mass is 10.0. The van der Waals surface area contributed by atoms with Crippen LogP contribution in [0.15, 0.2) is 18.2 Å². The van der Waals surface area contributed by atoms with E-state index in [1.54, 1.807) is 0 Å². The minimum Gasteiger partial charge on any atom is -0.396 e. The third-order valence-electron chi connectivity index (χ3n) is 3.97. The maximum absolute atomic E-state index is 9.27. The zero-order chi connectivity index (χ0) is 11.7. The molecule has 1 fully saturated rings. The van der Waals surface area contributed by atoms with E-state index >= 15 is 0 Å². The molecular formula is C14H21NO. The molecule has 1 heterocycles. The van der Waals surface area contributed by atoms with Gasteiger partial charge in [0.1, 0.15) is 0 Å². The SMILES string of the molecule is Cc1ccc(N2CCC(CO)C2C)cc1C. The molecule has 0 saturated carbocycles. The van der Waals surface area contributed by atoms with Crippen molar-refractivity contribution < 1.29 is 5.11 Å². The fourth-order valence-corrected chi connectivity index (χ4v) is 2.52. The number of anilines is 1. The number of hydrogen-bond acceptors (Lipinski definition) is 2. The average Bonchev–Trinajstić information content (AvgIpc) is 2.64. The molecule has 2 nitrogen and oxygen atoms in total. The highest BCUT2D eigenvalue weighted by atomic mass is 16.3. The molecule has 0 aromatic heterocycles. The smallest absolute Gasteiger partial charge is 0.0479 e. The van der Waals surface area contributed by atoms with Gasteiger partial charge >= 0.3 is 0 Å². The van der Waals surface area contributed by atoms with Gasteiger partial charge in [-0.1, -0.05) is 6.07 Å². The summed E-state index contributed by atoms with van der Waals surface area (Å²) in [6, 6.07) is 7.08. The number of nitrogens with zero attached hydrogens (tertiary/aromatic N) is 1. The number of aliphatic hydroxyl groups excluding tert-OH is 1. The van der Waals surface area contributed by atoms with Crippen molar-refractivity contribution in [3.63, 3.8) is 0 Å². The van der Waals surface area contributed by atoms with E-state index < -0.39 is 0 Å². The van der Waals surface area contributed by atoms with Crippen LogP contribution in [0.25, 0.3) is 0 Å². The fourth-order valence-electron chi connectivity index (χ4n) is 2.52. The zero-order valence-corrected chi connectivity index (χ0v) is 10.4. The van der Waals surface area contributed by atoms with Crippen LogP contribution in [0.1, 0.15) is 24.5 Å². The maximum Gasteiger partial charge on any atom is 0.0479 e. The van der Waals surface area contributed by atoms with Gasteiger partial charge < -0.3 is 10.0 Å². The monoisotopic (exact) mass is 219 g/mol. The van der Waals surface area contributed by atoms with E-state index in [1.807, 2.05) is 0 Å². The lowest BCUT2D eigenvalue weighted by molar-refractivity contribution is 0.221. The minimum atomic E-state index is 0.308. The molecule has 16 heavy (non-hydrogen) atoms. The molecular weight excluding hydrogens is 198 g/mol. The minimum absolute atomic E-state index is 0.308. The second-order valence-corrected chi connectivity index (χ2v) is 4.93. The lowest BCUT2D eigenvalue weighted by Crippen LogP contribution is -2.31. The Kier molecular flexibility index (Phi) is 3.20. The number of aliphatic hydroxyl groups is 1. The molecule has 88 valence electrons. The molecule has 0 radical (unpaired) electrons. The van der Waals surface area contributed by atoms with Gasteiger partial charge in [0.2, 0.25) is 0 Å². The van der Waals surface area contributed by atoms with Crippen molar-refractivity contribution in [2.75, 3.05) is 18.1 Å². The fraction of sp³-hybridized carbons (Fsp3) is 0.571. The first-order valence-corrected chi connectivity index (χ1v) is 6.08. The van der Waals surface area contributed by atoms with Gasteiger partial charge in [-0.05, 0) is 50.5 Å². The largest absolute Gasteiger partial charge is 0.396 e. The van der Waals surface area contributed by atoms with E-state index in [4.69, 9.17) is 0 Å². The molecule has 0 spiro atoms. The van der Waals surface area contributed by atoms with Gasteiger partial charge in [-0.2, -0.15) is 0 Å². The third kappa shape index (κ3) is 1.94. The molecule has 1 aliphatic heterocycles. The molecule has 1 aromatic carbocycles. The molecule has 1 aromatic rings. The summed E-state index contributed by atoms with van der Waals surface area (Å²) in [6.07, 6.45) is 1.10. The highest BCUT2D eigenvalue weighted by Gasteiger charge is 2.30. The molecule has 2 atom stereocenters. The summed E-state index contributed by atoms with van der Waals surface area (Å²) in [5.41, 5.74) is 3.98. The number of aryl methyl sites for hydroxylation is 2. The summed E-state index contributed by atoms with van der Waals surface area (Å²) in [5, 5.41) is 9.27. The van der Waals surface area contributed by atoms with Gasteiger partial charge in [-0.25, -0.2) is 0 Å². The van der Waals surface area contributed by atoms with Gasteiger partial charge in [0, 0.05) is 30.8 Å². The first kappa shape index (κ1) is 11.5. The van der Waals surface area contributed by atoms with Crippen LogP contribution in [-0.2, 0) is 0 Å². The number of rotatable bonds is 2.